The number of nitrogens with one attached hydrogen (secondary N) is 2. The number of benzene rings is 2. The van der Waals surface area contributed by atoms with Crippen LogP contribution in [-0.4, -0.2) is 24.5 Å². The minimum Gasteiger partial charge on any atom is -0.497 e. The number of hydrogen-bond acceptors (Lipinski definition) is 5. The van der Waals surface area contributed by atoms with Gasteiger partial charge < -0.3 is 15.4 Å². The summed E-state index contributed by atoms with van der Waals surface area (Å²) in [6.45, 7) is 1.88. The Morgan fingerprint density at radius 1 is 1.22 bits per heavy atom. The number of anilines is 1. The lowest BCUT2D eigenvalue weighted by molar-refractivity contribution is -0.115. The molecule has 3 aromatic rings. The van der Waals surface area contributed by atoms with E-state index in [1.54, 1.807) is 25.3 Å². The zero-order valence-corrected chi connectivity index (χ0v) is 15.8. The molecular formula is C20H20FN3O2S. The Morgan fingerprint density at radius 2 is 1.96 bits per heavy atom. The topological polar surface area (TPSA) is 63.2 Å². The van der Waals surface area contributed by atoms with Gasteiger partial charge >= 0.3 is 0 Å². The highest BCUT2D eigenvalue weighted by atomic mass is 32.1. The third-order valence-electron chi connectivity index (χ3n) is 4.08. The molecule has 1 aromatic heterocycles. The largest absolute Gasteiger partial charge is 0.497 e. The van der Waals surface area contributed by atoms with Gasteiger partial charge in [0.15, 0.2) is 5.13 Å². The molecule has 0 spiro atoms. The van der Waals surface area contributed by atoms with Gasteiger partial charge in [-0.1, -0.05) is 18.2 Å². The third kappa shape index (κ3) is 4.90. The van der Waals surface area contributed by atoms with Crippen molar-refractivity contribution in [2.45, 2.75) is 13.0 Å². The van der Waals surface area contributed by atoms with Gasteiger partial charge in [-0.3, -0.25) is 4.79 Å². The fraction of sp³-hybridized carbons (Fsp3) is 0.200. The van der Waals surface area contributed by atoms with Gasteiger partial charge in [0, 0.05) is 22.5 Å². The minimum absolute atomic E-state index is 0.0625. The standard InChI is InChI=1S/C20H20FN3O2S/c1-13(16-5-3-4-6-17(16)21)22-11-19(25)24-20-23-18(12-27-20)14-7-9-15(26-2)10-8-14/h3-10,12-13,22H,11H2,1-2H3,(H,23,24,25). The normalized spacial score (nSPS) is 11.8. The predicted octanol–water partition coefficient (Wildman–Crippen LogP) is 4.25. The lowest BCUT2D eigenvalue weighted by atomic mass is 10.1. The van der Waals surface area contributed by atoms with Crippen LogP contribution in [0.2, 0.25) is 0 Å². The Morgan fingerprint density at radius 3 is 2.67 bits per heavy atom. The van der Waals surface area contributed by atoms with Gasteiger partial charge in [0.1, 0.15) is 11.6 Å². The summed E-state index contributed by atoms with van der Waals surface area (Å²) in [6, 6.07) is 13.8. The zero-order chi connectivity index (χ0) is 19.2. The summed E-state index contributed by atoms with van der Waals surface area (Å²) in [6.07, 6.45) is 0. The van der Waals surface area contributed by atoms with Crippen molar-refractivity contribution >= 4 is 22.4 Å². The molecule has 2 N–H and O–H groups in total. The molecule has 140 valence electrons. The lowest BCUT2D eigenvalue weighted by Gasteiger charge is -2.14. The second kappa shape index (κ2) is 8.75. The van der Waals surface area contributed by atoms with Crippen molar-refractivity contribution in [1.29, 1.82) is 0 Å². The van der Waals surface area contributed by atoms with Gasteiger partial charge in [0.2, 0.25) is 5.91 Å². The molecule has 1 amide bonds. The van der Waals surface area contributed by atoms with E-state index in [0.29, 0.717) is 10.7 Å². The maximum absolute atomic E-state index is 13.8. The van der Waals surface area contributed by atoms with Gasteiger partial charge in [-0.2, -0.15) is 0 Å². The molecule has 0 radical (unpaired) electrons. The summed E-state index contributed by atoms with van der Waals surface area (Å²) in [7, 11) is 1.62. The number of carbonyl (C=O) groups is 1. The zero-order valence-electron chi connectivity index (χ0n) is 15.0. The summed E-state index contributed by atoms with van der Waals surface area (Å²) < 4.78 is 18.9. The van der Waals surface area contributed by atoms with E-state index in [0.717, 1.165) is 17.0 Å². The first-order chi connectivity index (χ1) is 13.1. The Bertz CT molecular complexity index is 912. The first-order valence-electron chi connectivity index (χ1n) is 8.44. The van der Waals surface area contributed by atoms with Crippen LogP contribution in [0.15, 0.2) is 53.9 Å². The summed E-state index contributed by atoms with van der Waals surface area (Å²) in [5.41, 5.74) is 2.26. The van der Waals surface area contributed by atoms with Crippen LogP contribution in [0.3, 0.4) is 0 Å². The number of ether oxygens (including phenoxy) is 1. The Balaban J connectivity index is 1.55. The molecule has 3 rings (SSSR count). The van der Waals surface area contributed by atoms with Gasteiger partial charge in [0.25, 0.3) is 0 Å². The van der Waals surface area contributed by atoms with Crippen molar-refractivity contribution < 1.29 is 13.9 Å². The van der Waals surface area contributed by atoms with Crippen LogP contribution in [-0.2, 0) is 4.79 Å². The van der Waals surface area contributed by atoms with Crippen LogP contribution in [0, 0.1) is 5.82 Å². The molecule has 27 heavy (non-hydrogen) atoms. The SMILES string of the molecule is COc1ccc(-c2csc(NC(=O)CNC(C)c3ccccc3F)n2)cc1. The van der Waals surface area contributed by atoms with Crippen LogP contribution in [0.4, 0.5) is 9.52 Å². The molecule has 1 heterocycles. The van der Waals surface area contributed by atoms with E-state index in [2.05, 4.69) is 15.6 Å². The molecule has 0 bridgehead atoms. The van der Waals surface area contributed by atoms with Gasteiger partial charge in [-0.25, -0.2) is 9.37 Å². The summed E-state index contributed by atoms with van der Waals surface area (Å²) in [5.74, 6) is 0.258. The highest BCUT2D eigenvalue weighted by Crippen LogP contribution is 2.26. The molecule has 0 saturated carbocycles. The van der Waals surface area contributed by atoms with E-state index in [9.17, 15) is 9.18 Å². The maximum Gasteiger partial charge on any atom is 0.240 e. The number of halogens is 1. The first kappa shape index (κ1) is 19.0. The number of aromatic nitrogens is 1. The number of amides is 1. The summed E-state index contributed by atoms with van der Waals surface area (Å²) in [5, 5.41) is 8.19. The first-order valence-corrected chi connectivity index (χ1v) is 9.32. The van der Waals surface area contributed by atoms with E-state index in [4.69, 9.17) is 4.74 Å². The van der Waals surface area contributed by atoms with Crippen molar-refractivity contribution in [2.75, 3.05) is 19.0 Å². The molecule has 5 nitrogen and oxygen atoms in total. The molecule has 1 atom stereocenters. The van der Waals surface area contributed by atoms with Crippen LogP contribution in [0.1, 0.15) is 18.5 Å². The predicted molar refractivity (Wildman–Crippen MR) is 106 cm³/mol. The quantitative estimate of drug-likeness (QED) is 0.638. The second-order valence-corrected chi connectivity index (χ2v) is 6.80. The van der Waals surface area contributed by atoms with Crippen molar-refractivity contribution in [2.24, 2.45) is 0 Å². The number of rotatable bonds is 7. The number of hydrogen-bond donors (Lipinski definition) is 2. The monoisotopic (exact) mass is 385 g/mol. The smallest absolute Gasteiger partial charge is 0.240 e. The maximum atomic E-state index is 13.8. The summed E-state index contributed by atoms with van der Waals surface area (Å²) in [4.78, 5) is 16.6. The molecule has 0 fully saturated rings. The van der Waals surface area contributed by atoms with Crippen LogP contribution >= 0.6 is 11.3 Å². The number of nitrogens with zero attached hydrogens (tertiary/aromatic N) is 1. The molecular weight excluding hydrogens is 365 g/mol. The Kier molecular flexibility index (Phi) is 6.16. The van der Waals surface area contributed by atoms with Gasteiger partial charge in [-0.05, 0) is 37.3 Å². The second-order valence-electron chi connectivity index (χ2n) is 5.94. The fourth-order valence-corrected chi connectivity index (χ4v) is 3.31. The molecule has 0 saturated heterocycles. The van der Waals surface area contributed by atoms with Crippen molar-refractivity contribution in [3.63, 3.8) is 0 Å². The average Bonchev–Trinajstić information content (AvgIpc) is 3.15. The minimum atomic E-state index is -0.290. The number of thiazole rings is 1. The van der Waals surface area contributed by atoms with Crippen LogP contribution in [0.25, 0.3) is 11.3 Å². The van der Waals surface area contributed by atoms with E-state index in [-0.39, 0.29) is 24.3 Å². The lowest BCUT2D eigenvalue weighted by Crippen LogP contribution is -2.30. The van der Waals surface area contributed by atoms with E-state index in [1.807, 2.05) is 36.6 Å². The van der Waals surface area contributed by atoms with Crippen molar-refractivity contribution in [3.8, 4) is 17.0 Å². The Hall–Kier alpha value is -2.77. The highest BCUT2D eigenvalue weighted by Gasteiger charge is 2.13. The van der Waals surface area contributed by atoms with Gasteiger partial charge in [0.05, 0.1) is 19.3 Å². The molecule has 0 aliphatic carbocycles. The van der Waals surface area contributed by atoms with Gasteiger partial charge in [-0.15, -0.1) is 11.3 Å². The third-order valence-corrected chi connectivity index (χ3v) is 4.83. The van der Waals surface area contributed by atoms with Crippen molar-refractivity contribution in [1.82, 2.24) is 10.3 Å². The Labute approximate surface area is 161 Å². The fourth-order valence-electron chi connectivity index (χ4n) is 2.57. The highest BCUT2D eigenvalue weighted by molar-refractivity contribution is 7.14. The average molecular weight is 385 g/mol. The molecule has 7 heteroatoms. The molecule has 2 aromatic carbocycles. The molecule has 1 unspecified atom stereocenters. The van der Waals surface area contributed by atoms with Crippen LogP contribution < -0.4 is 15.4 Å². The van der Waals surface area contributed by atoms with E-state index < -0.39 is 0 Å². The van der Waals surface area contributed by atoms with E-state index >= 15 is 0 Å². The number of carbonyl (C=O) groups excluding carboxylic acids is 1. The van der Waals surface area contributed by atoms with Crippen molar-refractivity contribution in [3.05, 3.63) is 65.3 Å². The molecule has 0 aliphatic heterocycles. The van der Waals surface area contributed by atoms with Crippen LogP contribution in [0.5, 0.6) is 5.75 Å². The summed E-state index contributed by atoms with van der Waals surface area (Å²) >= 11 is 1.35. The number of methoxy groups -OCH3 is 1. The van der Waals surface area contributed by atoms with E-state index in [1.165, 1.54) is 17.4 Å². The molecule has 0 aliphatic rings.